The van der Waals surface area contributed by atoms with Crippen molar-refractivity contribution in [2.24, 2.45) is 7.05 Å². The number of carbonyl (C=O) groups is 4. The Hall–Kier alpha value is -6.21. The van der Waals surface area contributed by atoms with Crippen LogP contribution in [-0.4, -0.2) is 79.9 Å². The molecule has 0 bridgehead atoms. The molecular weight excluding hydrogens is 717 g/mol. The van der Waals surface area contributed by atoms with Crippen molar-refractivity contribution in [3.8, 4) is 23.2 Å². The number of alkyl halides is 3. The summed E-state index contributed by atoms with van der Waals surface area (Å²) >= 11 is 0. The van der Waals surface area contributed by atoms with Crippen molar-refractivity contribution < 1.29 is 37.1 Å². The molecule has 0 aliphatic carbocycles. The molecule has 0 spiro atoms. The smallest absolute Gasteiger partial charge is 0.417 e. The number of nitrogens with two attached hydrogens (primary N) is 1. The molecule has 2 aromatic heterocycles. The molecule has 0 unspecified atom stereocenters. The summed E-state index contributed by atoms with van der Waals surface area (Å²) in [4.78, 5) is 62.1. The highest BCUT2D eigenvalue weighted by Gasteiger charge is 2.36. The molecule has 1 fully saturated rings. The Morgan fingerprint density at radius 2 is 1.84 bits per heavy atom. The maximum absolute atomic E-state index is 14.0. The van der Waals surface area contributed by atoms with Crippen LogP contribution in [0, 0.1) is 11.8 Å². The fourth-order valence-corrected chi connectivity index (χ4v) is 6.41. The van der Waals surface area contributed by atoms with Gasteiger partial charge in [-0.3, -0.25) is 19.3 Å². The Labute approximate surface area is 315 Å². The minimum atomic E-state index is -4.67. The highest BCUT2D eigenvalue weighted by Crippen LogP contribution is 2.35. The lowest BCUT2D eigenvalue weighted by Crippen LogP contribution is -2.47. The van der Waals surface area contributed by atoms with Crippen LogP contribution < -0.4 is 16.4 Å². The zero-order valence-electron chi connectivity index (χ0n) is 30.6. The Kier molecular flexibility index (Phi) is 10.7. The van der Waals surface area contributed by atoms with E-state index in [9.17, 15) is 32.3 Å². The van der Waals surface area contributed by atoms with Gasteiger partial charge in [0.25, 0.3) is 5.91 Å². The van der Waals surface area contributed by atoms with Gasteiger partial charge in [-0.2, -0.15) is 13.2 Å². The predicted molar refractivity (Wildman–Crippen MR) is 196 cm³/mol. The van der Waals surface area contributed by atoms with Crippen LogP contribution in [-0.2, 0) is 46.9 Å². The number of imide groups is 1. The molecule has 4 N–H and O–H groups in total. The van der Waals surface area contributed by atoms with Gasteiger partial charge in [0.05, 0.1) is 35.3 Å². The summed E-state index contributed by atoms with van der Waals surface area (Å²) in [6.45, 7) is 6.04. The summed E-state index contributed by atoms with van der Waals surface area (Å²) in [6.07, 6.45) is -3.67. The SMILES string of the molecule is Cn1c(-c2nc(N)ncc2C#Cc2cccc(CC(=O)Nc3ccc(CN4CCNC(=O)C4)c(C(F)(F)F)c3)c2)cc2c1CCN(C(=O)OC(C)(C)C)C2=O. The summed E-state index contributed by atoms with van der Waals surface area (Å²) < 4.78 is 49.3. The van der Waals surface area contributed by atoms with Gasteiger partial charge < -0.3 is 25.7 Å². The number of nitrogens with zero attached hydrogens (tertiary/aromatic N) is 5. The summed E-state index contributed by atoms with van der Waals surface area (Å²) in [5.41, 5.74) is 7.76. The summed E-state index contributed by atoms with van der Waals surface area (Å²) in [5.74, 6) is 4.83. The van der Waals surface area contributed by atoms with E-state index < -0.39 is 35.2 Å². The molecule has 2 aromatic carbocycles. The average Bonchev–Trinajstić information content (AvgIpc) is 3.44. The first-order valence-corrected chi connectivity index (χ1v) is 17.4. The van der Waals surface area contributed by atoms with E-state index in [1.807, 2.05) is 4.57 Å². The maximum atomic E-state index is 14.0. The second-order valence-corrected chi connectivity index (χ2v) is 14.2. The van der Waals surface area contributed by atoms with Crippen molar-refractivity contribution in [3.05, 3.63) is 93.8 Å². The molecular formula is C39H39F3N8O5. The summed E-state index contributed by atoms with van der Waals surface area (Å²) in [6, 6.07) is 12.1. The number of rotatable bonds is 6. The third-order valence-electron chi connectivity index (χ3n) is 8.91. The third-order valence-corrected chi connectivity index (χ3v) is 8.91. The quantitative estimate of drug-likeness (QED) is 0.240. The van der Waals surface area contributed by atoms with Crippen LogP contribution in [0.5, 0.6) is 0 Å². The first kappa shape index (κ1) is 38.5. The molecule has 16 heteroatoms. The number of amides is 4. The number of benzene rings is 2. The lowest BCUT2D eigenvalue weighted by atomic mass is 10.0. The largest absolute Gasteiger partial charge is 0.443 e. The van der Waals surface area contributed by atoms with Crippen LogP contribution in [0.4, 0.5) is 29.6 Å². The van der Waals surface area contributed by atoms with Crippen LogP contribution in [0.15, 0.2) is 54.7 Å². The Bertz CT molecular complexity index is 2250. The number of hydrogen-bond acceptors (Lipinski definition) is 9. The van der Waals surface area contributed by atoms with Crippen molar-refractivity contribution in [2.45, 2.75) is 51.9 Å². The van der Waals surface area contributed by atoms with E-state index in [-0.39, 0.29) is 49.2 Å². The molecule has 0 atom stereocenters. The van der Waals surface area contributed by atoms with Crippen LogP contribution in [0.25, 0.3) is 11.4 Å². The second kappa shape index (κ2) is 15.3. The van der Waals surface area contributed by atoms with Crippen molar-refractivity contribution in [1.29, 1.82) is 0 Å². The first-order valence-electron chi connectivity index (χ1n) is 17.4. The lowest BCUT2D eigenvalue weighted by molar-refractivity contribution is -0.138. The lowest BCUT2D eigenvalue weighted by Gasteiger charge is -2.28. The van der Waals surface area contributed by atoms with Crippen LogP contribution in [0.3, 0.4) is 0 Å². The number of nitrogens with one attached hydrogen (secondary N) is 2. The normalized spacial score (nSPS) is 14.8. The molecule has 286 valence electrons. The van der Waals surface area contributed by atoms with E-state index in [1.165, 1.54) is 18.3 Å². The summed E-state index contributed by atoms with van der Waals surface area (Å²) in [7, 11) is 1.78. The van der Waals surface area contributed by atoms with Gasteiger partial charge in [0.1, 0.15) is 11.3 Å². The second-order valence-electron chi connectivity index (χ2n) is 14.2. The van der Waals surface area contributed by atoms with Gasteiger partial charge in [-0.25, -0.2) is 19.7 Å². The molecule has 1 saturated heterocycles. The van der Waals surface area contributed by atoms with E-state index in [2.05, 4.69) is 32.4 Å². The number of ether oxygens (including phenoxy) is 1. The molecule has 0 saturated carbocycles. The molecule has 4 amide bonds. The van der Waals surface area contributed by atoms with Crippen molar-refractivity contribution in [3.63, 3.8) is 0 Å². The Morgan fingerprint density at radius 1 is 1.05 bits per heavy atom. The molecule has 2 aliphatic heterocycles. The number of carbonyl (C=O) groups excluding carboxylic acids is 4. The van der Waals surface area contributed by atoms with Gasteiger partial charge in [-0.15, -0.1) is 0 Å². The van der Waals surface area contributed by atoms with E-state index in [0.29, 0.717) is 58.8 Å². The zero-order chi connectivity index (χ0) is 39.7. The average molecular weight is 757 g/mol. The number of piperazine rings is 1. The Morgan fingerprint density at radius 3 is 2.56 bits per heavy atom. The maximum Gasteiger partial charge on any atom is 0.417 e. The minimum Gasteiger partial charge on any atom is -0.443 e. The van der Waals surface area contributed by atoms with E-state index in [0.717, 1.165) is 11.0 Å². The third kappa shape index (κ3) is 9.13. The molecule has 6 rings (SSSR count). The Balaban J connectivity index is 1.18. The van der Waals surface area contributed by atoms with Gasteiger partial charge in [-0.1, -0.05) is 30.0 Å². The van der Waals surface area contributed by atoms with E-state index in [1.54, 1.807) is 63.1 Å². The highest BCUT2D eigenvalue weighted by molar-refractivity contribution is 6.05. The summed E-state index contributed by atoms with van der Waals surface area (Å²) in [5, 5.41) is 5.21. The molecule has 4 aromatic rings. The van der Waals surface area contributed by atoms with Crippen LogP contribution in [0.2, 0.25) is 0 Å². The van der Waals surface area contributed by atoms with Crippen molar-refractivity contribution >= 4 is 35.5 Å². The van der Waals surface area contributed by atoms with Crippen LogP contribution >= 0.6 is 0 Å². The standard InChI is InChI=1S/C39H39F3N8O5/c1-38(2,3)55-37(54)50-14-12-30-28(35(50)53)19-31(48(30)4)34-25(20-45-36(43)47-34)9-8-23-6-5-7-24(16-23)17-32(51)46-27-11-10-26(29(18-27)39(40,41)42)21-49-15-13-44-33(52)22-49/h5-7,10-11,16,18-20H,12-15,17,21-22H2,1-4H3,(H,44,52)(H,46,51)(H2,43,45,47). The molecule has 13 nitrogen and oxygen atoms in total. The zero-order valence-corrected chi connectivity index (χ0v) is 30.6. The molecule has 0 radical (unpaired) electrons. The fourth-order valence-electron chi connectivity index (χ4n) is 6.41. The highest BCUT2D eigenvalue weighted by atomic mass is 19.4. The number of fused-ring (bicyclic) bond motifs is 1. The van der Waals surface area contributed by atoms with Gasteiger partial charge in [-0.05, 0) is 62.2 Å². The van der Waals surface area contributed by atoms with Crippen molar-refractivity contribution in [2.75, 3.05) is 37.2 Å². The van der Waals surface area contributed by atoms with E-state index >= 15 is 0 Å². The molecule has 2 aliphatic rings. The minimum absolute atomic E-state index is 0.00256. The molecule has 55 heavy (non-hydrogen) atoms. The number of halogens is 3. The predicted octanol–water partition coefficient (Wildman–Crippen LogP) is 4.53. The number of aromatic nitrogens is 3. The van der Waals surface area contributed by atoms with Gasteiger partial charge >= 0.3 is 12.3 Å². The van der Waals surface area contributed by atoms with Crippen molar-refractivity contribution in [1.82, 2.24) is 29.7 Å². The van der Waals surface area contributed by atoms with Gasteiger partial charge in [0.2, 0.25) is 17.8 Å². The monoisotopic (exact) mass is 756 g/mol. The number of anilines is 2. The fraction of sp³-hybridized carbons (Fsp3) is 0.333. The van der Waals surface area contributed by atoms with E-state index in [4.69, 9.17) is 10.5 Å². The first-order chi connectivity index (χ1) is 25.9. The topological polar surface area (TPSA) is 165 Å². The number of nitrogen functional groups attached to an aromatic ring is 1. The van der Waals surface area contributed by atoms with Crippen LogP contribution in [0.1, 0.15) is 64.6 Å². The van der Waals surface area contributed by atoms with Gasteiger partial charge in [0, 0.05) is 62.8 Å². The van der Waals surface area contributed by atoms with Gasteiger partial charge in [0.15, 0.2) is 0 Å². The number of hydrogen-bond donors (Lipinski definition) is 3. The molecule has 4 heterocycles.